The van der Waals surface area contributed by atoms with Gasteiger partial charge >= 0.3 is 0 Å². The first kappa shape index (κ1) is 18.9. The average Bonchev–Trinajstić information content (AvgIpc) is 2.70. The largest absolute Gasteiger partial charge is 0.497 e. The Morgan fingerprint density at radius 2 is 1.42 bits per heavy atom. The van der Waals surface area contributed by atoms with Gasteiger partial charge in [0.2, 0.25) is 0 Å². The van der Waals surface area contributed by atoms with Crippen molar-refractivity contribution < 1.29 is 4.74 Å². The van der Waals surface area contributed by atoms with E-state index in [1.54, 1.807) is 7.11 Å². The van der Waals surface area contributed by atoms with Crippen LogP contribution in [0.2, 0.25) is 0 Å². The van der Waals surface area contributed by atoms with Crippen molar-refractivity contribution in [2.75, 3.05) is 20.2 Å². The standard InChI is InChI=1S/C23H32N2O/c1-26-23-13-11-22(12-14-23)18-25(16-20-5-3-2-4-6-20)17-21-9-7-19(15-24)8-10-21/h2-6,11-14,19,21H,7-10,15-18,24H2,1H3. The molecule has 3 heteroatoms. The van der Waals surface area contributed by atoms with Crippen molar-refractivity contribution >= 4 is 0 Å². The quantitative estimate of drug-likeness (QED) is 0.762. The number of benzene rings is 2. The lowest BCUT2D eigenvalue weighted by Crippen LogP contribution is -2.32. The van der Waals surface area contributed by atoms with E-state index in [4.69, 9.17) is 10.5 Å². The number of methoxy groups -OCH3 is 1. The van der Waals surface area contributed by atoms with Gasteiger partial charge in [0.15, 0.2) is 0 Å². The molecule has 3 nitrogen and oxygen atoms in total. The van der Waals surface area contributed by atoms with E-state index < -0.39 is 0 Å². The van der Waals surface area contributed by atoms with Gasteiger partial charge in [-0.2, -0.15) is 0 Å². The molecule has 0 amide bonds. The Hall–Kier alpha value is -1.84. The van der Waals surface area contributed by atoms with E-state index in [2.05, 4.69) is 59.5 Å². The Bertz CT molecular complexity index is 633. The summed E-state index contributed by atoms with van der Waals surface area (Å²) in [5, 5.41) is 0. The molecule has 0 aromatic heterocycles. The molecule has 0 atom stereocenters. The second-order valence-electron chi connectivity index (χ2n) is 7.63. The summed E-state index contributed by atoms with van der Waals surface area (Å²) in [5.74, 6) is 2.46. The van der Waals surface area contributed by atoms with Gasteiger partial charge in [-0.1, -0.05) is 42.5 Å². The van der Waals surface area contributed by atoms with Crippen LogP contribution >= 0.6 is 0 Å². The van der Waals surface area contributed by atoms with Crippen LogP contribution in [0.25, 0.3) is 0 Å². The van der Waals surface area contributed by atoms with E-state index in [1.807, 2.05) is 0 Å². The Morgan fingerprint density at radius 1 is 0.846 bits per heavy atom. The topological polar surface area (TPSA) is 38.5 Å². The van der Waals surface area contributed by atoms with Gasteiger partial charge in [-0.05, 0) is 67.3 Å². The fourth-order valence-corrected chi connectivity index (χ4v) is 4.03. The molecule has 1 saturated carbocycles. The smallest absolute Gasteiger partial charge is 0.118 e. The first-order valence-electron chi connectivity index (χ1n) is 9.86. The lowest BCUT2D eigenvalue weighted by Gasteiger charge is -2.32. The molecule has 0 bridgehead atoms. The van der Waals surface area contributed by atoms with Crippen LogP contribution in [0, 0.1) is 11.8 Å². The zero-order valence-electron chi connectivity index (χ0n) is 15.9. The summed E-state index contributed by atoms with van der Waals surface area (Å²) in [7, 11) is 1.72. The van der Waals surface area contributed by atoms with E-state index in [-0.39, 0.29) is 0 Å². The van der Waals surface area contributed by atoms with Crippen LogP contribution in [0.15, 0.2) is 54.6 Å². The molecule has 0 saturated heterocycles. The number of rotatable bonds is 8. The number of ether oxygens (including phenoxy) is 1. The second kappa shape index (κ2) is 9.75. The maximum atomic E-state index is 5.86. The van der Waals surface area contributed by atoms with Gasteiger partial charge in [-0.15, -0.1) is 0 Å². The van der Waals surface area contributed by atoms with Gasteiger partial charge in [0.25, 0.3) is 0 Å². The summed E-state index contributed by atoms with van der Waals surface area (Å²) in [5.41, 5.74) is 8.59. The highest BCUT2D eigenvalue weighted by atomic mass is 16.5. The second-order valence-corrected chi connectivity index (χ2v) is 7.63. The highest BCUT2D eigenvalue weighted by Gasteiger charge is 2.22. The molecule has 0 aliphatic heterocycles. The zero-order valence-corrected chi connectivity index (χ0v) is 15.9. The van der Waals surface area contributed by atoms with E-state index in [0.717, 1.165) is 43.8 Å². The highest BCUT2D eigenvalue weighted by Crippen LogP contribution is 2.29. The molecule has 1 aliphatic rings. The molecule has 0 heterocycles. The van der Waals surface area contributed by atoms with Gasteiger partial charge in [0.1, 0.15) is 5.75 Å². The minimum Gasteiger partial charge on any atom is -0.497 e. The minimum absolute atomic E-state index is 0.746. The van der Waals surface area contributed by atoms with Gasteiger partial charge in [-0.3, -0.25) is 4.90 Å². The summed E-state index contributed by atoms with van der Waals surface area (Å²) in [6.45, 7) is 4.00. The average molecular weight is 353 g/mol. The van der Waals surface area contributed by atoms with Crippen LogP contribution in [0.4, 0.5) is 0 Å². The van der Waals surface area contributed by atoms with Crippen molar-refractivity contribution in [2.24, 2.45) is 17.6 Å². The first-order chi connectivity index (χ1) is 12.8. The van der Waals surface area contributed by atoms with Crippen molar-refractivity contribution in [1.29, 1.82) is 0 Å². The Morgan fingerprint density at radius 3 is 2.00 bits per heavy atom. The maximum Gasteiger partial charge on any atom is 0.118 e. The third-order valence-electron chi connectivity index (χ3n) is 5.63. The molecule has 2 N–H and O–H groups in total. The molecule has 0 unspecified atom stereocenters. The van der Waals surface area contributed by atoms with E-state index in [0.29, 0.717) is 0 Å². The summed E-state index contributed by atoms with van der Waals surface area (Å²) in [6.07, 6.45) is 5.22. The lowest BCUT2D eigenvalue weighted by atomic mass is 9.82. The van der Waals surface area contributed by atoms with Crippen molar-refractivity contribution in [3.8, 4) is 5.75 Å². The molecule has 26 heavy (non-hydrogen) atoms. The van der Waals surface area contributed by atoms with Crippen molar-refractivity contribution in [3.05, 3.63) is 65.7 Å². The van der Waals surface area contributed by atoms with Crippen molar-refractivity contribution in [1.82, 2.24) is 4.90 Å². The van der Waals surface area contributed by atoms with Gasteiger partial charge in [0.05, 0.1) is 7.11 Å². The van der Waals surface area contributed by atoms with Crippen LogP contribution in [0.5, 0.6) is 5.75 Å². The van der Waals surface area contributed by atoms with Crippen molar-refractivity contribution in [2.45, 2.75) is 38.8 Å². The maximum absolute atomic E-state index is 5.86. The SMILES string of the molecule is COc1ccc(CN(Cc2ccccc2)CC2CCC(CN)CC2)cc1. The van der Waals surface area contributed by atoms with E-state index in [1.165, 1.54) is 36.8 Å². The fourth-order valence-electron chi connectivity index (χ4n) is 4.03. The third-order valence-corrected chi connectivity index (χ3v) is 5.63. The summed E-state index contributed by atoms with van der Waals surface area (Å²) in [4.78, 5) is 2.60. The molecule has 140 valence electrons. The lowest BCUT2D eigenvalue weighted by molar-refractivity contribution is 0.170. The van der Waals surface area contributed by atoms with Crippen molar-refractivity contribution in [3.63, 3.8) is 0 Å². The van der Waals surface area contributed by atoms with Gasteiger partial charge in [-0.25, -0.2) is 0 Å². The number of hydrogen-bond donors (Lipinski definition) is 1. The van der Waals surface area contributed by atoms with Gasteiger partial charge < -0.3 is 10.5 Å². The first-order valence-corrected chi connectivity index (χ1v) is 9.86. The van der Waals surface area contributed by atoms with E-state index in [9.17, 15) is 0 Å². The van der Waals surface area contributed by atoms with Gasteiger partial charge in [0, 0.05) is 19.6 Å². The fraction of sp³-hybridized carbons (Fsp3) is 0.478. The monoisotopic (exact) mass is 352 g/mol. The number of hydrogen-bond acceptors (Lipinski definition) is 3. The minimum atomic E-state index is 0.746. The summed E-state index contributed by atoms with van der Waals surface area (Å²) < 4.78 is 5.29. The van der Waals surface area contributed by atoms with E-state index >= 15 is 0 Å². The van der Waals surface area contributed by atoms with Crippen LogP contribution in [-0.2, 0) is 13.1 Å². The summed E-state index contributed by atoms with van der Waals surface area (Å²) in [6, 6.07) is 19.3. The predicted molar refractivity (Wildman–Crippen MR) is 108 cm³/mol. The van der Waals surface area contributed by atoms with Crippen LogP contribution < -0.4 is 10.5 Å². The van der Waals surface area contributed by atoms with Crippen LogP contribution in [0.3, 0.4) is 0 Å². The Labute approximate surface area is 158 Å². The normalized spacial score (nSPS) is 20.3. The molecular formula is C23H32N2O. The van der Waals surface area contributed by atoms with Crippen LogP contribution in [-0.4, -0.2) is 25.1 Å². The Balaban J connectivity index is 1.64. The molecule has 1 fully saturated rings. The molecule has 1 aliphatic carbocycles. The molecule has 3 rings (SSSR count). The molecule has 0 spiro atoms. The summed E-state index contributed by atoms with van der Waals surface area (Å²) >= 11 is 0. The van der Waals surface area contributed by atoms with Crippen LogP contribution in [0.1, 0.15) is 36.8 Å². The molecule has 2 aromatic carbocycles. The molecule has 0 radical (unpaired) electrons. The highest BCUT2D eigenvalue weighted by molar-refractivity contribution is 5.27. The predicted octanol–water partition coefficient (Wildman–Crippen LogP) is 4.46. The molecular weight excluding hydrogens is 320 g/mol. The molecule has 2 aromatic rings. The zero-order chi connectivity index (χ0) is 18.2. The Kier molecular flexibility index (Phi) is 7.10. The third kappa shape index (κ3) is 5.58. The number of nitrogens with zero attached hydrogens (tertiary/aromatic N) is 1. The number of nitrogens with two attached hydrogens (primary N) is 1.